The second kappa shape index (κ2) is 6.96. The first-order chi connectivity index (χ1) is 8.74. The highest BCUT2D eigenvalue weighted by atomic mass is 32.2. The van der Waals surface area contributed by atoms with Crippen molar-refractivity contribution in [1.82, 2.24) is 4.89 Å². The van der Waals surface area contributed by atoms with Crippen LogP contribution in [0.15, 0.2) is 0 Å². The summed E-state index contributed by atoms with van der Waals surface area (Å²) in [6, 6.07) is 0. The van der Waals surface area contributed by atoms with Gasteiger partial charge >= 0.3 is 0 Å². The van der Waals surface area contributed by atoms with E-state index in [2.05, 4.69) is 0 Å². The predicted molar refractivity (Wildman–Crippen MR) is 69.1 cm³/mol. The van der Waals surface area contributed by atoms with E-state index in [-0.39, 0.29) is 37.1 Å². The maximum absolute atomic E-state index is 10.9. The fraction of sp³-hybridized carbons (Fsp3) is 1.00. The molecule has 0 unspecified atom stereocenters. The van der Waals surface area contributed by atoms with Crippen LogP contribution in [0.5, 0.6) is 0 Å². The zero-order valence-corrected chi connectivity index (χ0v) is 12.8. The molecule has 1 aliphatic heterocycles. The molecule has 7 nitrogen and oxygen atoms in total. The molecule has 0 bridgehead atoms. The minimum absolute atomic E-state index is 0.0157. The van der Waals surface area contributed by atoms with Gasteiger partial charge in [0.2, 0.25) is 10.0 Å². The summed E-state index contributed by atoms with van der Waals surface area (Å²) in [5.41, 5.74) is 0. The molecule has 1 heterocycles. The van der Waals surface area contributed by atoms with Crippen molar-refractivity contribution in [2.45, 2.75) is 51.3 Å². The van der Waals surface area contributed by atoms with E-state index in [1.54, 1.807) is 7.11 Å². The molecule has 0 aromatic carbocycles. The molecule has 114 valence electrons. The Morgan fingerprint density at radius 3 is 2.42 bits per heavy atom. The highest BCUT2D eigenvalue weighted by Crippen LogP contribution is 2.27. The third-order valence-corrected chi connectivity index (χ3v) is 3.12. The molecule has 0 aromatic heterocycles. The van der Waals surface area contributed by atoms with E-state index in [0.717, 1.165) is 6.26 Å². The molecule has 19 heavy (non-hydrogen) atoms. The van der Waals surface area contributed by atoms with Crippen molar-refractivity contribution in [1.29, 1.82) is 0 Å². The van der Waals surface area contributed by atoms with Crippen LogP contribution in [-0.2, 0) is 29.1 Å². The first-order valence-corrected chi connectivity index (χ1v) is 8.06. The van der Waals surface area contributed by atoms with Crippen LogP contribution in [0.3, 0.4) is 0 Å². The van der Waals surface area contributed by atoms with Gasteiger partial charge < -0.3 is 14.2 Å². The molecule has 1 fully saturated rings. The summed E-state index contributed by atoms with van der Waals surface area (Å²) < 4.78 is 38.7. The van der Waals surface area contributed by atoms with Crippen LogP contribution in [0, 0.1) is 0 Å². The highest BCUT2D eigenvalue weighted by molar-refractivity contribution is 7.88. The SMILES string of the molecule is CO[C@@H]1[C@H](OC(C)C)[C@@H](CONS(C)(=O)=O)O[C@H]1C. The molecule has 0 aliphatic carbocycles. The van der Waals surface area contributed by atoms with E-state index in [9.17, 15) is 8.42 Å². The molecule has 0 saturated carbocycles. The topological polar surface area (TPSA) is 83.1 Å². The van der Waals surface area contributed by atoms with E-state index in [4.69, 9.17) is 19.0 Å². The lowest BCUT2D eigenvalue weighted by Crippen LogP contribution is -2.40. The zero-order chi connectivity index (χ0) is 14.6. The summed E-state index contributed by atoms with van der Waals surface area (Å²) in [4.78, 5) is 6.90. The smallest absolute Gasteiger partial charge is 0.230 e. The van der Waals surface area contributed by atoms with E-state index >= 15 is 0 Å². The lowest BCUT2D eigenvalue weighted by atomic mass is 10.1. The maximum atomic E-state index is 10.9. The maximum Gasteiger partial charge on any atom is 0.230 e. The van der Waals surface area contributed by atoms with Crippen LogP contribution in [0.4, 0.5) is 0 Å². The summed E-state index contributed by atoms with van der Waals surface area (Å²) in [5.74, 6) is 0. The van der Waals surface area contributed by atoms with Crippen LogP contribution in [-0.4, -0.2) is 58.9 Å². The average Bonchev–Trinajstić information content (AvgIpc) is 2.52. The molecule has 1 aliphatic rings. The minimum atomic E-state index is -3.39. The molecule has 1 rings (SSSR count). The summed E-state index contributed by atoms with van der Waals surface area (Å²) in [7, 11) is -1.79. The Morgan fingerprint density at radius 2 is 1.95 bits per heavy atom. The van der Waals surface area contributed by atoms with Crippen molar-refractivity contribution < 1.29 is 27.5 Å². The van der Waals surface area contributed by atoms with Crippen LogP contribution in [0.1, 0.15) is 20.8 Å². The molecular weight excluding hydrogens is 274 g/mol. The summed E-state index contributed by atoms with van der Waals surface area (Å²) >= 11 is 0. The van der Waals surface area contributed by atoms with Crippen LogP contribution < -0.4 is 4.89 Å². The Bertz CT molecular complexity index is 371. The van der Waals surface area contributed by atoms with E-state index < -0.39 is 10.0 Å². The van der Waals surface area contributed by atoms with Crippen molar-refractivity contribution in [2.24, 2.45) is 0 Å². The van der Waals surface area contributed by atoms with E-state index in [0.29, 0.717) is 0 Å². The largest absolute Gasteiger partial charge is 0.376 e. The normalized spacial score (nSPS) is 32.1. The molecule has 8 heteroatoms. The second-order valence-electron chi connectivity index (χ2n) is 4.90. The number of nitrogens with one attached hydrogen (secondary N) is 1. The van der Waals surface area contributed by atoms with E-state index in [1.807, 2.05) is 25.7 Å². The molecule has 0 spiro atoms. The fourth-order valence-corrected chi connectivity index (χ4v) is 2.35. The number of sulfonamides is 1. The van der Waals surface area contributed by atoms with Gasteiger partial charge in [-0.15, -0.1) is 0 Å². The summed E-state index contributed by atoms with van der Waals surface area (Å²) in [6.07, 6.45) is 0.0280. The molecule has 4 atom stereocenters. The Balaban J connectivity index is 2.59. The Labute approximate surface area is 114 Å². The lowest BCUT2D eigenvalue weighted by Gasteiger charge is -2.24. The molecular formula is C11H23NO6S. The lowest BCUT2D eigenvalue weighted by molar-refractivity contribution is -0.0970. The van der Waals surface area contributed by atoms with Gasteiger partial charge in [0.1, 0.15) is 18.3 Å². The molecule has 0 radical (unpaired) electrons. The fourth-order valence-electron chi connectivity index (χ4n) is 2.07. The van der Waals surface area contributed by atoms with Crippen LogP contribution >= 0.6 is 0 Å². The number of hydrogen-bond acceptors (Lipinski definition) is 6. The van der Waals surface area contributed by atoms with Gasteiger partial charge in [-0.05, 0) is 20.8 Å². The average molecular weight is 297 g/mol. The first-order valence-electron chi connectivity index (χ1n) is 6.17. The number of rotatable bonds is 7. The molecule has 1 saturated heterocycles. The predicted octanol–water partition coefficient (Wildman–Crippen LogP) is 0.0631. The quantitative estimate of drug-likeness (QED) is 0.669. The van der Waals surface area contributed by atoms with Gasteiger partial charge in [0.05, 0.1) is 25.1 Å². The highest BCUT2D eigenvalue weighted by Gasteiger charge is 2.44. The molecule has 0 aromatic rings. The summed E-state index contributed by atoms with van der Waals surface area (Å²) in [6.45, 7) is 5.79. The van der Waals surface area contributed by atoms with Gasteiger partial charge in [0, 0.05) is 7.11 Å². The van der Waals surface area contributed by atoms with Crippen LogP contribution in [0.25, 0.3) is 0 Å². The standard InChI is InChI=1S/C11H23NO6S/c1-7(2)17-11-9(6-16-12-19(5,13)14)18-8(3)10(11)15-4/h7-12H,6H2,1-5H3/t8-,9+,10-,11+/m0/s1. The third kappa shape index (κ3) is 5.33. The van der Waals surface area contributed by atoms with Gasteiger partial charge in [0.25, 0.3) is 0 Å². The first kappa shape index (κ1) is 16.8. The van der Waals surface area contributed by atoms with Crippen molar-refractivity contribution in [3.05, 3.63) is 0 Å². The van der Waals surface area contributed by atoms with Crippen LogP contribution in [0.2, 0.25) is 0 Å². The monoisotopic (exact) mass is 297 g/mol. The van der Waals surface area contributed by atoms with Crippen molar-refractivity contribution in [3.63, 3.8) is 0 Å². The van der Waals surface area contributed by atoms with Gasteiger partial charge in [-0.3, -0.25) is 4.84 Å². The third-order valence-electron chi connectivity index (χ3n) is 2.70. The van der Waals surface area contributed by atoms with E-state index in [1.165, 1.54) is 0 Å². The van der Waals surface area contributed by atoms with Crippen molar-refractivity contribution >= 4 is 10.0 Å². The summed E-state index contributed by atoms with van der Waals surface area (Å²) in [5, 5.41) is 0. The van der Waals surface area contributed by atoms with Gasteiger partial charge in [-0.25, -0.2) is 8.42 Å². The number of methoxy groups -OCH3 is 1. The van der Waals surface area contributed by atoms with Gasteiger partial charge in [0.15, 0.2) is 0 Å². The van der Waals surface area contributed by atoms with Crippen molar-refractivity contribution in [2.75, 3.05) is 20.0 Å². The molecule has 0 amide bonds. The number of hydrogen-bond donors (Lipinski definition) is 1. The Kier molecular flexibility index (Phi) is 6.15. The van der Waals surface area contributed by atoms with Gasteiger partial charge in [-0.2, -0.15) is 0 Å². The van der Waals surface area contributed by atoms with Crippen molar-refractivity contribution in [3.8, 4) is 0 Å². The Morgan fingerprint density at radius 1 is 1.32 bits per heavy atom. The minimum Gasteiger partial charge on any atom is -0.376 e. The Hall–Kier alpha value is -0.250. The number of ether oxygens (including phenoxy) is 3. The van der Waals surface area contributed by atoms with Gasteiger partial charge in [-0.1, -0.05) is 4.89 Å². The second-order valence-corrected chi connectivity index (χ2v) is 6.61. The molecule has 1 N–H and O–H groups in total. The zero-order valence-electron chi connectivity index (χ0n) is 12.0.